The molecule has 9 aromatic carbocycles. The van der Waals surface area contributed by atoms with Crippen LogP contribution in [0.5, 0.6) is 0 Å². The third-order valence-corrected chi connectivity index (χ3v) is 12.0. The van der Waals surface area contributed by atoms with Gasteiger partial charge in [0.25, 0.3) is 0 Å². The first-order chi connectivity index (χ1) is 27.6. The molecule has 1 aromatic heterocycles. The lowest BCUT2D eigenvalue weighted by molar-refractivity contribution is 0.667. The van der Waals surface area contributed by atoms with Crippen molar-refractivity contribution in [2.75, 3.05) is 4.90 Å². The van der Waals surface area contributed by atoms with Crippen molar-refractivity contribution in [1.82, 2.24) is 0 Å². The highest BCUT2D eigenvalue weighted by Crippen LogP contribution is 2.53. The highest BCUT2D eigenvalue weighted by molar-refractivity contribution is 6.07. The average Bonchev–Trinajstić information content (AvgIpc) is 3.77. The summed E-state index contributed by atoms with van der Waals surface area (Å²) in [7, 11) is 0. The summed E-state index contributed by atoms with van der Waals surface area (Å²) in [4.78, 5) is 2.35. The lowest BCUT2D eigenvalue weighted by Crippen LogP contribution is -2.22. The van der Waals surface area contributed by atoms with E-state index in [1.807, 2.05) is 0 Å². The van der Waals surface area contributed by atoms with Crippen molar-refractivity contribution in [1.29, 1.82) is 0 Å². The number of rotatable bonds is 6. The van der Waals surface area contributed by atoms with Crippen molar-refractivity contribution in [3.8, 4) is 33.4 Å². The Morgan fingerprint density at radius 1 is 0.393 bits per heavy atom. The van der Waals surface area contributed by atoms with Crippen LogP contribution in [0.15, 0.2) is 211 Å². The Labute approximate surface area is 326 Å². The summed E-state index contributed by atoms with van der Waals surface area (Å²) in [6, 6.07) is 74.6. The fraction of sp³-hybridized carbons (Fsp3) is 0.0370. The SMILES string of the molecule is CC1(c2ccc3oc4ccc(-c5ccc(-c6ccc(N(c7ccccc7)c7cccc8ccccc78)cc6)cc5)cc4c3c2)c2ccccc2-c2ccccc21. The van der Waals surface area contributed by atoms with Gasteiger partial charge in [-0.1, -0.05) is 152 Å². The average molecular weight is 716 g/mol. The smallest absolute Gasteiger partial charge is 0.135 e. The molecule has 10 aromatic rings. The predicted octanol–water partition coefficient (Wildman–Crippen LogP) is 14.9. The van der Waals surface area contributed by atoms with Gasteiger partial charge in [0.2, 0.25) is 0 Å². The van der Waals surface area contributed by atoms with Crippen molar-refractivity contribution in [3.63, 3.8) is 0 Å². The van der Waals surface area contributed by atoms with Gasteiger partial charge in [0, 0.05) is 32.9 Å². The fourth-order valence-electron chi connectivity index (χ4n) is 9.10. The van der Waals surface area contributed by atoms with Crippen molar-refractivity contribution < 1.29 is 4.42 Å². The second kappa shape index (κ2) is 12.7. The van der Waals surface area contributed by atoms with Gasteiger partial charge in [0.1, 0.15) is 11.2 Å². The Morgan fingerprint density at radius 2 is 0.911 bits per heavy atom. The van der Waals surface area contributed by atoms with Gasteiger partial charge in [-0.05, 0) is 117 Å². The second-order valence-corrected chi connectivity index (χ2v) is 15.0. The summed E-state index contributed by atoms with van der Waals surface area (Å²) >= 11 is 0. The molecule has 2 nitrogen and oxygen atoms in total. The Morgan fingerprint density at radius 3 is 1.62 bits per heavy atom. The molecule has 0 N–H and O–H groups in total. The number of para-hydroxylation sites is 1. The molecule has 0 fully saturated rings. The normalized spacial score (nSPS) is 12.9. The number of nitrogens with zero attached hydrogens (tertiary/aromatic N) is 1. The maximum atomic E-state index is 6.41. The number of benzene rings is 9. The number of anilines is 3. The largest absolute Gasteiger partial charge is 0.456 e. The van der Waals surface area contributed by atoms with E-state index in [-0.39, 0.29) is 5.41 Å². The van der Waals surface area contributed by atoms with Gasteiger partial charge >= 0.3 is 0 Å². The summed E-state index contributed by atoms with van der Waals surface area (Å²) in [6.07, 6.45) is 0. The van der Waals surface area contributed by atoms with E-state index in [9.17, 15) is 0 Å². The molecule has 0 aliphatic heterocycles. The first-order valence-corrected chi connectivity index (χ1v) is 19.3. The Bertz CT molecular complexity index is 3030. The van der Waals surface area contributed by atoms with Gasteiger partial charge in [-0.15, -0.1) is 0 Å². The van der Waals surface area contributed by atoms with Gasteiger partial charge in [-0.3, -0.25) is 0 Å². The Kier molecular flexibility index (Phi) is 7.33. The van der Waals surface area contributed by atoms with Crippen LogP contribution in [0.25, 0.3) is 66.1 Å². The van der Waals surface area contributed by atoms with E-state index >= 15 is 0 Å². The van der Waals surface area contributed by atoms with E-state index in [1.54, 1.807) is 0 Å². The van der Waals surface area contributed by atoms with Crippen LogP contribution in [0.4, 0.5) is 17.1 Å². The lowest BCUT2D eigenvalue weighted by atomic mass is 9.74. The molecular weight excluding hydrogens is 679 g/mol. The van der Waals surface area contributed by atoms with E-state index in [0.717, 1.165) is 39.0 Å². The topological polar surface area (TPSA) is 16.4 Å². The molecule has 0 saturated heterocycles. The van der Waals surface area contributed by atoms with Crippen LogP contribution in [0.1, 0.15) is 23.6 Å². The quantitative estimate of drug-likeness (QED) is 0.170. The van der Waals surface area contributed by atoms with E-state index in [1.165, 1.54) is 60.8 Å². The number of furan rings is 1. The summed E-state index contributed by atoms with van der Waals surface area (Å²) in [6.45, 7) is 2.37. The van der Waals surface area contributed by atoms with E-state index < -0.39 is 0 Å². The van der Waals surface area contributed by atoms with Crippen LogP contribution in [0.3, 0.4) is 0 Å². The molecular formula is C54H37NO. The molecule has 1 heterocycles. The summed E-state index contributed by atoms with van der Waals surface area (Å²) in [5.74, 6) is 0. The van der Waals surface area contributed by atoms with Gasteiger partial charge in [0.15, 0.2) is 0 Å². The van der Waals surface area contributed by atoms with Crippen LogP contribution < -0.4 is 4.90 Å². The lowest BCUT2D eigenvalue weighted by Gasteiger charge is -2.28. The minimum Gasteiger partial charge on any atom is -0.456 e. The van der Waals surface area contributed by atoms with Crippen LogP contribution >= 0.6 is 0 Å². The highest BCUT2D eigenvalue weighted by Gasteiger charge is 2.40. The molecule has 1 aliphatic rings. The molecule has 2 heteroatoms. The maximum Gasteiger partial charge on any atom is 0.135 e. The zero-order chi connectivity index (χ0) is 37.2. The van der Waals surface area contributed by atoms with Crippen LogP contribution in [0.2, 0.25) is 0 Å². The molecule has 0 amide bonds. The number of hydrogen-bond acceptors (Lipinski definition) is 2. The molecule has 1 aliphatic carbocycles. The first kappa shape index (κ1) is 32.3. The Balaban J connectivity index is 0.924. The molecule has 264 valence electrons. The van der Waals surface area contributed by atoms with Gasteiger partial charge in [-0.25, -0.2) is 0 Å². The van der Waals surface area contributed by atoms with Crippen molar-refractivity contribution >= 4 is 49.8 Å². The molecule has 0 unspecified atom stereocenters. The third kappa shape index (κ3) is 5.03. The zero-order valence-electron chi connectivity index (χ0n) is 31.0. The first-order valence-electron chi connectivity index (χ1n) is 19.3. The van der Waals surface area contributed by atoms with E-state index in [2.05, 4.69) is 218 Å². The third-order valence-electron chi connectivity index (χ3n) is 12.0. The molecule has 56 heavy (non-hydrogen) atoms. The summed E-state index contributed by atoms with van der Waals surface area (Å²) in [5.41, 5.74) is 16.3. The minimum absolute atomic E-state index is 0.258. The molecule has 0 bridgehead atoms. The van der Waals surface area contributed by atoms with E-state index in [4.69, 9.17) is 4.42 Å². The monoisotopic (exact) mass is 715 g/mol. The Hall–Kier alpha value is -7.16. The predicted molar refractivity (Wildman–Crippen MR) is 234 cm³/mol. The summed E-state index contributed by atoms with van der Waals surface area (Å²) < 4.78 is 6.41. The van der Waals surface area contributed by atoms with Gasteiger partial charge in [-0.2, -0.15) is 0 Å². The van der Waals surface area contributed by atoms with Crippen LogP contribution in [-0.2, 0) is 5.41 Å². The molecule has 0 spiro atoms. The van der Waals surface area contributed by atoms with Crippen molar-refractivity contribution in [2.24, 2.45) is 0 Å². The van der Waals surface area contributed by atoms with Crippen LogP contribution in [-0.4, -0.2) is 0 Å². The molecule has 0 atom stereocenters. The van der Waals surface area contributed by atoms with Crippen molar-refractivity contribution in [2.45, 2.75) is 12.3 Å². The molecule has 0 saturated carbocycles. The second-order valence-electron chi connectivity index (χ2n) is 15.0. The molecule has 0 radical (unpaired) electrons. The van der Waals surface area contributed by atoms with Gasteiger partial charge < -0.3 is 9.32 Å². The maximum absolute atomic E-state index is 6.41. The summed E-state index contributed by atoms with van der Waals surface area (Å²) in [5, 5.41) is 4.73. The molecule has 11 rings (SSSR count). The van der Waals surface area contributed by atoms with E-state index in [0.29, 0.717) is 0 Å². The minimum atomic E-state index is -0.258. The van der Waals surface area contributed by atoms with Crippen molar-refractivity contribution in [3.05, 3.63) is 223 Å². The zero-order valence-corrected chi connectivity index (χ0v) is 31.0. The highest BCUT2D eigenvalue weighted by atomic mass is 16.3. The number of hydrogen-bond donors (Lipinski definition) is 0. The standard InChI is InChI=1S/C54H37NO/c1-54(49-19-9-7-17-45(49)46-18-8-10-20-50(46)54)41-29-33-53-48(35-41)47-34-40(28-32-52(47)56-53)38-24-22-36(23-25-38)37-26-30-43(31-27-37)55(42-14-3-2-4-15-42)51-21-11-13-39-12-5-6-16-44(39)51/h2-35H,1H3. The van der Waals surface area contributed by atoms with Gasteiger partial charge in [0.05, 0.1) is 5.69 Å². The fourth-order valence-corrected chi connectivity index (χ4v) is 9.10. The number of fused-ring (bicyclic) bond motifs is 7. The van der Waals surface area contributed by atoms with Crippen LogP contribution in [0, 0.1) is 0 Å².